The van der Waals surface area contributed by atoms with Crippen molar-refractivity contribution in [3.8, 4) is 5.75 Å². The first kappa shape index (κ1) is 25.1. The van der Waals surface area contributed by atoms with Gasteiger partial charge in [0.25, 0.3) is 0 Å². The quantitative estimate of drug-likeness (QED) is 0.591. The fourth-order valence-electron chi connectivity index (χ4n) is 4.72. The average Bonchev–Trinajstić information content (AvgIpc) is 2.79. The summed E-state index contributed by atoms with van der Waals surface area (Å²) in [5.41, 5.74) is 7.17. The Morgan fingerprint density at radius 3 is 2.47 bits per heavy atom. The molecule has 1 unspecified atom stereocenters. The van der Waals surface area contributed by atoms with Crippen molar-refractivity contribution >= 4 is 17.8 Å². The molecule has 2 aliphatic heterocycles. The number of halogens is 2. The Hall–Kier alpha value is -3.99. The summed E-state index contributed by atoms with van der Waals surface area (Å²) in [5.74, 6) is -2.33. The number of primary amides is 1. The molecule has 2 fully saturated rings. The largest absolute Gasteiger partial charge is 0.508 e. The van der Waals surface area contributed by atoms with Crippen LogP contribution >= 0.6 is 0 Å². The van der Waals surface area contributed by atoms with E-state index in [0.717, 1.165) is 12.1 Å². The number of hydrogen-bond acceptors (Lipinski definition) is 5. The molecule has 190 valence electrons. The minimum Gasteiger partial charge on any atom is -0.508 e. The number of nitrogens with two attached hydrogens (primary N) is 1. The summed E-state index contributed by atoms with van der Waals surface area (Å²) >= 11 is 0. The van der Waals surface area contributed by atoms with E-state index >= 15 is 0 Å². The predicted octanol–water partition coefficient (Wildman–Crippen LogP) is 1.97. The van der Waals surface area contributed by atoms with Crippen molar-refractivity contribution < 1.29 is 28.3 Å². The molecule has 3 N–H and O–H groups in total. The monoisotopic (exact) mass is 499 g/mol. The summed E-state index contributed by atoms with van der Waals surface area (Å²) in [7, 11) is 0. The third kappa shape index (κ3) is 5.01. The molecule has 4 amide bonds. The third-order valence-corrected chi connectivity index (χ3v) is 6.25. The number of fused-ring (bicyclic) bond motifs is 1. The Kier molecular flexibility index (Phi) is 6.93. The fourth-order valence-corrected chi connectivity index (χ4v) is 4.72. The van der Waals surface area contributed by atoms with Gasteiger partial charge in [-0.3, -0.25) is 9.59 Å². The van der Waals surface area contributed by atoms with Gasteiger partial charge in [-0.2, -0.15) is 0 Å². The Bertz CT molecular complexity index is 1210. The number of hydrazine groups is 1. The molecule has 9 nitrogen and oxygen atoms in total. The van der Waals surface area contributed by atoms with Gasteiger partial charge >= 0.3 is 6.03 Å². The summed E-state index contributed by atoms with van der Waals surface area (Å²) in [4.78, 5) is 42.2. The molecule has 0 aliphatic carbocycles. The number of aromatic hydroxyl groups is 1. The lowest BCUT2D eigenvalue weighted by atomic mass is 9.98. The van der Waals surface area contributed by atoms with Crippen molar-refractivity contribution in [2.75, 3.05) is 19.6 Å². The molecular weight excluding hydrogens is 472 g/mol. The number of benzene rings is 2. The minimum atomic E-state index is -1.02. The first-order valence-electron chi connectivity index (χ1n) is 11.3. The maximum Gasteiger partial charge on any atom is 0.331 e. The first-order valence-corrected chi connectivity index (χ1v) is 11.3. The van der Waals surface area contributed by atoms with E-state index < -0.39 is 35.8 Å². The van der Waals surface area contributed by atoms with Crippen molar-refractivity contribution in [2.45, 2.75) is 32.1 Å². The van der Waals surface area contributed by atoms with Crippen LogP contribution in [-0.4, -0.2) is 74.6 Å². The summed E-state index contributed by atoms with van der Waals surface area (Å²) in [6, 6.07) is 7.45. The second-order valence-electron chi connectivity index (χ2n) is 9.09. The van der Waals surface area contributed by atoms with E-state index in [1.165, 1.54) is 38.0 Å². The van der Waals surface area contributed by atoms with E-state index in [2.05, 4.69) is 6.58 Å². The number of phenolic OH excluding ortho intramolecular Hbond substituents is 1. The lowest BCUT2D eigenvalue weighted by molar-refractivity contribution is -0.189. The SMILES string of the molecule is C=C(C)CN1CC(=O)N2C(CN(Cc3ccc(F)cc3F)C(=O)[C@@H]2Cc2ccc(O)cc2)N1C(N)=O. The lowest BCUT2D eigenvalue weighted by Gasteiger charge is -2.55. The molecule has 0 bridgehead atoms. The van der Waals surface area contributed by atoms with Gasteiger partial charge in [0, 0.05) is 31.1 Å². The summed E-state index contributed by atoms with van der Waals surface area (Å²) in [6.45, 7) is 5.30. The van der Waals surface area contributed by atoms with Crippen molar-refractivity contribution in [2.24, 2.45) is 5.73 Å². The van der Waals surface area contributed by atoms with Gasteiger partial charge in [-0.25, -0.2) is 23.6 Å². The van der Waals surface area contributed by atoms with Crippen LogP contribution in [0, 0.1) is 11.6 Å². The zero-order chi connectivity index (χ0) is 26.1. The van der Waals surface area contributed by atoms with Crippen molar-refractivity contribution in [3.05, 3.63) is 77.4 Å². The van der Waals surface area contributed by atoms with Crippen LogP contribution in [0.15, 0.2) is 54.6 Å². The van der Waals surface area contributed by atoms with Gasteiger partial charge in [0.15, 0.2) is 0 Å². The lowest BCUT2D eigenvalue weighted by Crippen LogP contribution is -2.76. The van der Waals surface area contributed by atoms with Gasteiger partial charge in [0.1, 0.15) is 29.6 Å². The molecule has 2 aliphatic rings. The molecule has 2 atom stereocenters. The second-order valence-corrected chi connectivity index (χ2v) is 9.09. The van der Waals surface area contributed by atoms with Gasteiger partial charge in [0.2, 0.25) is 11.8 Å². The van der Waals surface area contributed by atoms with Crippen molar-refractivity contribution in [1.82, 2.24) is 19.8 Å². The van der Waals surface area contributed by atoms with E-state index in [-0.39, 0.29) is 49.8 Å². The fraction of sp³-hybridized carbons (Fsp3) is 0.320. The Morgan fingerprint density at radius 2 is 1.86 bits per heavy atom. The predicted molar refractivity (Wildman–Crippen MR) is 126 cm³/mol. The van der Waals surface area contributed by atoms with Crippen LogP contribution in [0.2, 0.25) is 0 Å². The molecule has 2 saturated heterocycles. The summed E-state index contributed by atoms with van der Waals surface area (Å²) < 4.78 is 27.9. The molecule has 2 heterocycles. The van der Waals surface area contributed by atoms with Gasteiger partial charge in [0.05, 0.1) is 13.1 Å². The van der Waals surface area contributed by atoms with E-state index in [1.54, 1.807) is 19.1 Å². The number of rotatable bonds is 6. The molecule has 0 spiro atoms. The van der Waals surface area contributed by atoms with Crippen LogP contribution in [0.5, 0.6) is 5.75 Å². The second kappa shape index (κ2) is 9.94. The Labute approximate surface area is 206 Å². The van der Waals surface area contributed by atoms with Crippen LogP contribution in [0.1, 0.15) is 18.1 Å². The molecule has 4 rings (SSSR count). The van der Waals surface area contributed by atoms with Gasteiger partial charge < -0.3 is 20.6 Å². The molecule has 2 aromatic carbocycles. The highest BCUT2D eigenvalue weighted by Gasteiger charge is 2.51. The Balaban J connectivity index is 1.73. The maximum absolute atomic E-state index is 14.5. The van der Waals surface area contributed by atoms with E-state index in [4.69, 9.17) is 5.73 Å². The smallest absolute Gasteiger partial charge is 0.331 e. The highest BCUT2D eigenvalue weighted by Crippen LogP contribution is 2.30. The van der Waals surface area contributed by atoms with Gasteiger partial charge in [-0.15, -0.1) is 0 Å². The minimum absolute atomic E-state index is 0.0457. The first-order chi connectivity index (χ1) is 17.0. The standard InChI is InChI=1S/C25H27F2N5O4/c1-15(2)11-30-14-23(34)31-21(9-16-3-7-19(33)8-4-16)24(35)29(13-22(31)32(30)25(28)36)12-17-5-6-18(26)10-20(17)27/h3-8,10,21-22,33H,1,9,11-14H2,2H3,(H2,28,36)/t21-,22?/m0/s1. The number of amides is 4. The average molecular weight is 500 g/mol. The van der Waals surface area contributed by atoms with Crippen LogP contribution in [0.4, 0.5) is 13.6 Å². The zero-order valence-electron chi connectivity index (χ0n) is 19.7. The van der Waals surface area contributed by atoms with Crippen LogP contribution in [-0.2, 0) is 22.6 Å². The molecule has 0 aromatic heterocycles. The molecule has 0 saturated carbocycles. The maximum atomic E-state index is 14.5. The molecule has 36 heavy (non-hydrogen) atoms. The summed E-state index contributed by atoms with van der Waals surface area (Å²) in [5, 5.41) is 12.3. The number of hydrogen-bond donors (Lipinski definition) is 2. The number of piperazine rings is 1. The zero-order valence-corrected chi connectivity index (χ0v) is 19.7. The topological polar surface area (TPSA) is 110 Å². The number of carbonyl (C=O) groups excluding carboxylic acids is 3. The molecular formula is C25H27F2N5O4. The van der Waals surface area contributed by atoms with Crippen LogP contribution in [0.3, 0.4) is 0 Å². The van der Waals surface area contributed by atoms with E-state index in [0.29, 0.717) is 11.1 Å². The van der Waals surface area contributed by atoms with Crippen molar-refractivity contribution in [3.63, 3.8) is 0 Å². The number of nitrogens with zero attached hydrogens (tertiary/aromatic N) is 4. The van der Waals surface area contributed by atoms with E-state index in [1.807, 2.05) is 0 Å². The number of carbonyl (C=O) groups is 3. The number of phenols is 1. The number of urea groups is 1. The van der Waals surface area contributed by atoms with Crippen LogP contribution < -0.4 is 5.73 Å². The van der Waals surface area contributed by atoms with Gasteiger partial charge in [-0.05, 0) is 30.7 Å². The normalized spacial score (nSPS) is 20.5. The Morgan fingerprint density at radius 1 is 1.17 bits per heavy atom. The van der Waals surface area contributed by atoms with Crippen LogP contribution in [0.25, 0.3) is 0 Å². The summed E-state index contributed by atoms with van der Waals surface area (Å²) in [6.07, 6.45) is -0.844. The van der Waals surface area contributed by atoms with Crippen molar-refractivity contribution in [1.29, 1.82) is 0 Å². The van der Waals surface area contributed by atoms with E-state index in [9.17, 15) is 28.3 Å². The highest BCUT2D eigenvalue weighted by atomic mass is 19.1. The molecule has 0 radical (unpaired) electrons. The molecule has 11 heteroatoms. The third-order valence-electron chi connectivity index (χ3n) is 6.25. The highest BCUT2D eigenvalue weighted by molar-refractivity contribution is 5.91. The molecule has 2 aromatic rings. The van der Waals surface area contributed by atoms with Gasteiger partial charge in [-0.1, -0.05) is 30.4 Å².